The Labute approximate surface area is 117 Å². The summed E-state index contributed by atoms with van der Waals surface area (Å²) in [6, 6.07) is 0. The highest BCUT2D eigenvalue weighted by Gasteiger charge is 2.59. The fraction of sp³-hybridized carbons (Fsp3) is 0.733. The molecule has 0 N–H and O–H groups in total. The first-order valence-electron chi connectivity index (χ1n) is 7.31. The Morgan fingerprint density at radius 3 is 2.30 bits per heavy atom. The summed E-state index contributed by atoms with van der Waals surface area (Å²) in [7, 11) is 0. The maximum Gasteiger partial charge on any atom is 0.233 e. The van der Waals surface area contributed by atoms with Crippen molar-refractivity contribution in [1.29, 1.82) is 0 Å². The van der Waals surface area contributed by atoms with Gasteiger partial charge in [0.1, 0.15) is 6.10 Å². The van der Waals surface area contributed by atoms with Crippen LogP contribution in [0.2, 0.25) is 0 Å². The number of carbonyl (C=O) groups is 2. The molecule has 0 spiro atoms. The molecule has 108 valence electrons. The van der Waals surface area contributed by atoms with Gasteiger partial charge in [0.05, 0.1) is 25.0 Å². The van der Waals surface area contributed by atoms with Gasteiger partial charge in [-0.05, 0) is 32.1 Å². The molecule has 1 saturated carbocycles. The number of rotatable bonds is 2. The number of fused-ring (bicyclic) bond motifs is 5. The fourth-order valence-corrected chi connectivity index (χ4v) is 4.20. The molecule has 2 heterocycles. The zero-order chi connectivity index (χ0) is 14.1. The van der Waals surface area contributed by atoms with E-state index in [2.05, 4.69) is 12.2 Å². The Bertz CT molecular complexity index is 482. The molecule has 0 aromatic carbocycles. The minimum Gasteiger partial charge on any atom is -0.348 e. The Morgan fingerprint density at radius 1 is 1.20 bits per heavy atom. The van der Waals surface area contributed by atoms with Crippen molar-refractivity contribution in [2.24, 2.45) is 23.7 Å². The Kier molecular flexibility index (Phi) is 2.46. The second-order valence-corrected chi connectivity index (χ2v) is 6.74. The normalized spacial score (nSPS) is 44.7. The van der Waals surface area contributed by atoms with E-state index in [-0.39, 0.29) is 41.6 Å². The average Bonchev–Trinajstić information content (AvgIpc) is 3.10. The van der Waals surface area contributed by atoms with Crippen LogP contribution >= 0.6 is 0 Å². The highest BCUT2D eigenvalue weighted by molar-refractivity contribution is 6.06. The van der Waals surface area contributed by atoms with E-state index in [0.717, 1.165) is 6.42 Å². The summed E-state index contributed by atoms with van der Waals surface area (Å²) in [6.07, 6.45) is 4.98. The van der Waals surface area contributed by atoms with Gasteiger partial charge in [0, 0.05) is 0 Å². The molecule has 2 bridgehead atoms. The van der Waals surface area contributed by atoms with Crippen molar-refractivity contribution < 1.29 is 19.1 Å². The molecular weight excluding hydrogens is 258 g/mol. The van der Waals surface area contributed by atoms with Crippen molar-refractivity contribution in [2.45, 2.75) is 32.2 Å². The van der Waals surface area contributed by atoms with Crippen LogP contribution in [0.4, 0.5) is 0 Å². The highest BCUT2D eigenvalue weighted by atomic mass is 16.7. The molecule has 2 aliphatic carbocycles. The van der Waals surface area contributed by atoms with E-state index in [1.54, 1.807) is 0 Å². The van der Waals surface area contributed by atoms with E-state index in [1.165, 1.54) is 4.90 Å². The zero-order valence-corrected chi connectivity index (χ0v) is 11.7. The molecule has 0 aromatic rings. The molecule has 2 amide bonds. The van der Waals surface area contributed by atoms with Crippen molar-refractivity contribution >= 4 is 11.8 Å². The molecular formula is C15H19NO4. The van der Waals surface area contributed by atoms with Crippen LogP contribution in [-0.2, 0) is 19.1 Å². The van der Waals surface area contributed by atoms with E-state index in [9.17, 15) is 9.59 Å². The lowest BCUT2D eigenvalue weighted by atomic mass is 9.85. The van der Waals surface area contributed by atoms with E-state index in [4.69, 9.17) is 9.47 Å². The highest BCUT2D eigenvalue weighted by Crippen LogP contribution is 2.52. The van der Waals surface area contributed by atoms with Crippen LogP contribution in [0.1, 0.15) is 20.3 Å². The molecule has 0 aromatic heterocycles. The molecule has 4 aliphatic rings. The molecule has 5 atom stereocenters. The summed E-state index contributed by atoms with van der Waals surface area (Å²) in [5.41, 5.74) is 0. The van der Waals surface area contributed by atoms with Gasteiger partial charge in [-0.15, -0.1) is 0 Å². The van der Waals surface area contributed by atoms with Crippen molar-refractivity contribution in [3.05, 3.63) is 12.2 Å². The third-order valence-electron chi connectivity index (χ3n) is 5.02. The van der Waals surface area contributed by atoms with Gasteiger partial charge in [0.15, 0.2) is 5.79 Å². The standard InChI is InChI=1S/C15H19NO4/c1-15(2)19-7-10(20-15)6-16-13(17)11-8-3-4-9(5-8)12(11)14(16)18/h3-4,8-12H,5-7H2,1-2H3. The molecule has 5 unspecified atom stereocenters. The van der Waals surface area contributed by atoms with Gasteiger partial charge in [0.2, 0.25) is 11.8 Å². The van der Waals surface area contributed by atoms with Crippen LogP contribution in [0.15, 0.2) is 12.2 Å². The predicted octanol–water partition coefficient (Wildman–Crippen LogP) is 0.945. The van der Waals surface area contributed by atoms with E-state index < -0.39 is 5.79 Å². The lowest BCUT2D eigenvalue weighted by Gasteiger charge is -2.22. The molecule has 4 rings (SSSR count). The van der Waals surface area contributed by atoms with Gasteiger partial charge in [-0.3, -0.25) is 14.5 Å². The number of hydrogen-bond donors (Lipinski definition) is 0. The van der Waals surface area contributed by atoms with Gasteiger partial charge in [-0.1, -0.05) is 12.2 Å². The average molecular weight is 277 g/mol. The maximum absolute atomic E-state index is 12.5. The van der Waals surface area contributed by atoms with Crippen LogP contribution in [0.5, 0.6) is 0 Å². The number of amides is 2. The molecule has 5 nitrogen and oxygen atoms in total. The molecule has 2 saturated heterocycles. The number of imide groups is 1. The lowest BCUT2D eigenvalue weighted by molar-refractivity contribution is -0.151. The van der Waals surface area contributed by atoms with Crippen molar-refractivity contribution in [2.75, 3.05) is 13.2 Å². The van der Waals surface area contributed by atoms with Crippen LogP contribution in [0.25, 0.3) is 0 Å². The smallest absolute Gasteiger partial charge is 0.233 e. The first-order valence-corrected chi connectivity index (χ1v) is 7.31. The second-order valence-electron chi connectivity index (χ2n) is 6.74. The third kappa shape index (κ3) is 1.63. The van der Waals surface area contributed by atoms with Crippen molar-refractivity contribution in [3.8, 4) is 0 Å². The Balaban J connectivity index is 1.51. The Morgan fingerprint density at radius 2 is 1.80 bits per heavy atom. The number of nitrogens with zero attached hydrogens (tertiary/aromatic N) is 1. The number of likely N-dealkylation sites (tertiary alicyclic amines) is 1. The topological polar surface area (TPSA) is 55.8 Å². The summed E-state index contributed by atoms with van der Waals surface area (Å²) in [4.78, 5) is 26.4. The summed E-state index contributed by atoms with van der Waals surface area (Å²) in [5, 5.41) is 0. The summed E-state index contributed by atoms with van der Waals surface area (Å²) in [5.74, 6) is -0.337. The van der Waals surface area contributed by atoms with Gasteiger partial charge in [-0.25, -0.2) is 0 Å². The van der Waals surface area contributed by atoms with Gasteiger partial charge >= 0.3 is 0 Å². The van der Waals surface area contributed by atoms with E-state index in [1.807, 2.05) is 13.8 Å². The monoisotopic (exact) mass is 277 g/mol. The van der Waals surface area contributed by atoms with Gasteiger partial charge < -0.3 is 9.47 Å². The summed E-state index contributed by atoms with van der Waals surface area (Å²) in [6.45, 7) is 4.46. The van der Waals surface area contributed by atoms with Gasteiger partial charge in [-0.2, -0.15) is 0 Å². The quantitative estimate of drug-likeness (QED) is 0.557. The maximum atomic E-state index is 12.5. The summed E-state index contributed by atoms with van der Waals surface area (Å²) < 4.78 is 11.2. The summed E-state index contributed by atoms with van der Waals surface area (Å²) >= 11 is 0. The fourth-order valence-electron chi connectivity index (χ4n) is 4.20. The SMILES string of the molecule is CC1(C)OCC(CN2C(=O)C3C4C=CC(C4)C3C2=O)O1. The Hall–Kier alpha value is -1.20. The van der Waals surface area contributed by atoms with Gasteiger partial charge in [0.25, 0.3) is 0 Å². The third-order valence-corrected chi connectivity index (χ3v) is 5.02. The zero-order valence-electron chi connectivity index (χ0n) is 11.7. The number of ether oxygens (including phenoxy) is 2. The molecule has 20 heavy (non-hydrogen) atoms. The first kappa shape index (κ1) is 12.5. The largest absolute Gasteiger partial charge is 0.348 e. The first-order chi connectivity index (χ1) is 9.46. The van der Waals surface area contributed by atoms with E-state index in [0.29, 0.717) is 13.2 Å². The van der Waals surface area contributed by atoms with Crippen molar-refractivity contribution in [1.82, 2.24) is 4.90 Å². The van der Waals surface area contributed by atoms with Crippen LogP contribution in [0, 0.1) is 23.7 Å². The minimum atomic E-state index is -0.618. The molecule has 0 radical (unpaired) electrons. The molecule has 3 fully saturated rings. The van der Waals surface area contributed by atoms with Crippen LogP contribution < -0.4 is 0 Å². The minimum absolute atomic E-state index is 0.00911. The van der Waals surface area contributed by atoms with E-state index >= 15 is 0 Å². The second kappa shape index (κ2) is 3.92. The van der Waals surface area contributed by atoms with Crippen LogP contribution in [-0.4, -0.2) is 41.8 Å². The lowest BCUT2D eigenvalue weighted by Crippen LogP contribution is -2.40. The molecule has 5 heteroatoms. The molecule has 2 aliphatic heterocycles. The number of carbonyl (C=O) groups excluding carboxylic acids is 2. The van der Waals surface area contributed by atoms with Crippen molar-refractivity contribution in [3.63, 3.8) is 0 Å². The number of allylic oxidation sites excluding steroid dienone is 2. The van der Waals surface area contributed by atoms with Crippen LogP contribution in [0.3, 0.4) is 0 Å². The number of hydrogen-bond acceptors (Lipinski definition) is 4. The predicted molar refractivity (Wildman–Crippen MR) is 69.3 cm³/mol.